The second-order valence-corrected chi connectivity index (χ2v) is 5.34. The molecular formula is C18H22FNO. The SMILES string of the molecule is CCC(NCc1ccc(F)c(CO)c1)c1ccc(C)cc1. The third-order valence-corrected chi connectivity index (χ3v) is 3.72. The standard InChI is InChI=1S/C18H22FNO/c1-3-18(15-7-4-13(2)5-8-15)20-11-14-6-9-17(19)16(10-14)12-21/h4-10,18,20-21H,3,11-12H2,1-2H3. The Kier molecular flexibility index (Phi) is 5.48. The fourth-order valence-electron chi connectivity index (χ4n) is 2.40. The van der Waals surface area contributed by atoms with Gasteiger partial charge in [0, 0.05) is 18.2 Å². The molecule has 2 N–H and O–H groups in total. The van der Waals surface area contributed by atoms with E-state index < -0.39 is 0 Å². The summed E-state index contributed by atoms with van der Waals surface area (Å²) >= 11 is 0. The van der Waals surface area contributed by atoms with E-state index in [1.165, 1.54) is 17.2 Å². The van der Waals surface area contributed by atoms with E-state index in [-0.39, 0.29) is 18.5 Å². The van der Waals surface area contributed by atoms with Crippen LogP contribution in [0, 0.1) is 12.7 Å². The maximum atomic E-state index is 13.4. The third kappa shape index (κ3) is 4.13. The molecule has 0 aliphatic heterocycles. The molecule has 0 heterocycles. The average molecular weight is 287 g/mol. The van der Waals surface area contributed by atoms with Gasteiger partial charge in [0.15, 0.2) is 0 Å². The molecule has 3 heteroatoms. The van der Waals surface area contributed by atoms with Crippen LogP contribution < -0.4 is 5.32 Å². The van der Waals surface area contributed by atoms with E-state index in [1.54, 1.807) is 12.1 Å². The number of nitrogens with one attached hydrogen (secondary N) is 1. The van der Waals surface area contributed by atoms with Gasteiger partial charge in [-0.3, -0.25) is 0 Å². The smallest absolute Gasteiger partial charge is 0.128 e. The van der Waals surface area contributed by atoms with Crippen LogP contribution in [-0.4, -0.2) is 5.11 Å². The van der Waals surface area contributed by atoms with Crippen molar-refractivity contribution in [2.24, 2.45) is 0 Å². The highest BCUT2D eigenvalue weighted by atomic mass is 19.1. The fraction of sp³-hybridized carbons (Fsp3) is 0.333. The predicted molar refractivity (Wildman–Crippen MR) is 83.4 cm³/mol. The zero-order chi connectivity index (χ0) is 15.2. The predicted octanol–water partition coefficient (Wildman–Crippen LogP) is 3.87. The lowest BCUT2D eigenvalue weighted by Crippen LogP contribution is -2.20. The van der Waals surface area contributed by atoms with Crippen LogP contribution in [0.5, 0.6) is 0 Å². The second kappa shape index (κ2) is 7.34. The summed E-state index contributed by atoms with van der Waals surface area (Å²) in [6.07, 6.45) is 0.983. The van der Waals surface area contributed by atoms with Gasteiger partial charge in [-0.15, -0.1) is 0 Å². The summed E-state index contributed by atoms with van der Waals surface area (Å²) in [5.74, 6) is -0.355. The van der Waals surface area contributed by atoms with Gasteiger partial charge in [0.2, 0.25) is 0 Å². The second-order valence-electron chi connectivity index (χ2n) is 5.34. The molecule has 2 rings (SSSR count). The van der Waals surface area contributed by atoms with E-state index in [1.807, 2.05) is 0 Å². The average Bonchev–Trinajstić information content (AvgIpc) is 2.51. The van der Waals surface area contributed by atoms with Crippen LogP contribution in [0.4, 0.5) is 4.39 Å². The lowest BCUT2D eigenvalue weighted by atomic mass is 10.0. The third-order valence-electron chi connectivity index (χ3n) is 3.72. The van der Waals surface area contributed by atoms with Crippen molar-refractivity contribution >= 4 is 0 Å². The van der Waals surface area contributed by atoms with E-state index in [9.17, 15) is 4.39 Å². The molecule has 0 saturated heterocycles. The molecule has 1 atom stereocenters. The van der Waals surface area contributed by atoms with Gasteiger partial charge in [-0.05, 0) is 36.6 Å². The van der Waals surface area contributed by atoms with Crippen molar-refractivity contribution in [1.82, 2.24) is 5.32 Å². The van der Waals surface area contributed by atoms with Crippen molar-refractivity contribution in [3.63, 3.8) is 0 Å². The van der Waals surface area contributed by atoms with Crippen LogP contribution >= 0.6 is 0 Å². The van der Waals surface area contributed by atoms with Crippen molar-refractivity contribution in [3.05, 3.63) is 70.5 Å². The minimum atomic E-state index is -0.355. The number of aryl methyl sites for hydroxylation is 1. The Morgan fingerprint density at radius 2 is 1.86 bits per heavy atom. The van der Waals surface area contributed by atoms with Gasteiger partial charge in [0.25, 0.3) is 0 Å². The normalized spacial score (nSPS) is 12.4. The molecule has 0 radical (unpaired) electrons. The zero-order valence-corrected chi connectivity index (χ0v) is 12.6. The van der Waals surface area contributed by atoms with E-state index in [0.29, 0.717) is 12.1 Å². The Balaban J connectivity index is 2.04. The maximum absolute atomic E-state index is 13.4. The van der Waals surface area contributed by atoms with Gasteiger partial charge in [-0.2, -0.15) is 0 Å². The van der Waals surface area contributed by atoms with Gasteiger partial charge in [0.05, 0.1) is 6.61 Å². The molecule has 21 heavy (non-hydrogen) atoms. The zero-order valence-electron chi connectivity index (χ0n) is 12.6. The van der Waals surface area contributed by atoms with Crippen LogP contribution in [0.3, 0.4) is 0 Å². The summed E-state index contributed by atoms with van der Waals surface area (Å²) in [6.45, 7) is 4.60. The minimum absolute atomic E-state index is 0.269. The fourth-order valence-corrected chi connectivity index (χ4v) is 2.40. The van der Waals surface area contributed by atoms with Gasteiger partial charge in [-0.25, -0.2) is 4.39 Å². The first-order valence-electron chi connectivity index (χ1n) is 7.32. The number of aliphatic hydroxyl groups excluding tert-OH is 1. The molecule has 0 saturated carbocycles. The first-order valence-corrected chi connectivity index (χ1v) is 7.32. The van der Waals surface area contributed by atoms with Crippen molar-refractivity contribution in [2.45, 2.75) is 39.5 Å². The number of hydrogen-bond donors (Lipinski definition) is 2. The Labute approximate surface area is 125 Å². The van der Waals surface area contributed by atoms with Crippen molar-refractivity contribution < 1.29 is 9.50 Å². The summed E-state index contributed by atoms with van der Waals surface area (Å²) in [6, 6.07) is 13.7. The monoisotopic (exact) mass is 287 g/mol. The number of aliphatic hydroxyl groups is 1. The molecule has 0 aromatic heterocycles. The van der Waals surface area contributed by atoms with E-state index >= 15 is 0 Å². The Hall–Kier alpha value is -1.71. The van der Waals surface area contributed by atoms with Crippen LogP contribution in [0.2, 0.25) is 0 Å². The molecule has 2 aromatic rings. The molecule has 0 amide bonds. The molecule has 1 unspecified atom stereocenters. The van der Waals surface area contributed by atoms with Crippen molar-refractivity contribution in [1.29, 1.82) is 0 Å². The van der Waals surface area contributed by atoms with Gasteiger partial charge < -0.3 is 10.4 Å². The first kappa shape index (κ1) is 15.7. The quantitative estimate of drug-likeness (QED) is 0.845. The Morgan fingerprint density at radius 1 is 1.14 bits per heavy atom. The summed E-state index contributed by atoms with van der Waals surface area (Å²) in [7, 11) is 0. The molecule has 2 aromatic carbocycles. The summed E-state index contributed by atoms with van der Waals surface area (Å²) < 4.78 is 13.4. The summed E-state index contributed by atoms with van der Waals surface area (Å²) in [4.78, 5) is 0. The lowest BCUT2D eigenvalue weighted by molar-refractivity contribution is 0.275. The van der Waals surface area contributed by atoms with Gasteiger partial charge in [-0.1, -0.05) is 42.8 Å². The van der Waals surface area contributed by atoms with E-state index in [0.717, 1.165) is 12.0 Å². The molecular weight excluding hydrogens is 265 g/mol. The highest BCUT2D eigenvalue weighted by molar-refractivity contribution is 5.26. The van der Waals surface area contributed by atoms with Crippen LogP contribution in [0.15, 0.2) is 42.5 Å². The summed E-state index contributed by atoms with van der Waals surface area (Å²) in [5, 5.41) is 12.6. The van der Waals surface area contributed by atoms with Gasteiger partial charge in [0.1, 0.15) is 5.82 Å². The van der Waals surface area contributed by atoms with Crippen LogP contribution in [-0.2, 0) is 13.2 Å². The molecule has 0 aliphatic rings. The molecule has 0 spiro atoms. The van der Waals surface area contributed by atoms with Crippen LogP contribution in [0.25, 0.3) is 0 Å². The highest BCUT2D eigenvalue weighted by Crippen LogP contribution is 2.18. The molecule has 112 valence electrons. The first-order chi connectivity index (χ1) is 10.1. The maximum Gasteiger partial charge on any atom is 0.128 e. The highest BCUT2D eigenvalue weighted by Gasteiger charge is 2.09. The number of benzene rings is 2. The van der Waals surface area contributed by atoms with Gasteiger partial charge >= 0.3 is 0 Å². The van der Waals surface area contributed by atoms with E-state index in [2.05, 4.69) is 43.4 Å². The van der Waals surface area contributed by atoms with E-state index in [4.69, 9.17) is 5.11 Å². The van der Waals surface area contributed by atoms with Crippen molar-refractivity contribution in [2.75, 3.05) is 0 Å². The molecule has 0 fully saturated rings. The number of rotatable bonds is 6. The Bertz CT molecular complexity index is 580. The largest absolute Gasteiger partial charge is 0.392 e. The number of hydrogen-bond acceptors (Lipinski definition) is 2. The molecule has 2 nitrogen and oxygen atoms in total. The summed E-state index contributed by atoms with van der Waals surface area (Å²) in [5.41, 5.74) is 3.83. The Morgan fingerprint density at radius 3 is 2.48 bits per heavy atom. The van der Waals surface area contributed by atoms with Crippen molar-refractivity contribution in [3.8, 4) is 0 Å². The molecule has 0 bridgehead atoms. The lowest BCUT2D eigenvalue weighted by Gasteiger charge is -2.18. The topological polar surface area (TPSA) is 32.3 Å². The minimum Gasteiger partial charge on any atom is -0.392 e. The van der Waals surface area contributed by atoms with Crippen LogP contribution in [0.1, 0.15) is 41.6 Å². The number of halogens is 1. The molecule has 0 aliphatic carbocycles.